The Labute approximate surface area is 128 Å². The van der Waals surface area contributed by atoms with E-state index in [1.165, 1.54) is 12.1 Å². The van der Waals surface area contributed by atoms with Crippen LogP contribution in [0.15, 0.2) is 16.6 Å². The van der Waals surface area contributed by atoms with Crippen molar-refractivity contribution in [2.75, 3.05) is 5.32 Å². The van der Waals surface area contributed by atoms with Crippen molar-refractivity contribution < 1.29 is 8.78 Å². The van der Waals surface area contributed by atoms with E-state index in [9.17, 15) is 8.78 Å². The van der Waals surface area contributed by atoms with Gasteiger partial charge in [-0.15, -0.1) is 0 Å². The van der Waals surface area contributed by atoms with Gasteiger partial charge in [-0.1, -0.05) is 20.8 Å². The van der Waals surface area contributed by atoms with Crippen LogP contribution in [0.25, 0.3) is 0 Å². The van der Waals surface area contributed by atoms with Crippen LogP contribution in [0.4, 0.5) is 14.5 Å². The fourth-order valence-electron chi connectivity index (χ4n) is 2.96. The maximum Gasteiger partial charge on any atom is 0.147 e. The third-order valence-electron chi connectivity index (χ3n) is 4.32. The van der Waals surface area contributed by atoms with Gasteiger partial charge in [0.05, 0.1) is 10.2 Å². The van der Waals surface area contributed by atoms with Gasteiger partial charge in [-0.2, -0.15) is 0 Å². The van der Waals surface area contributed by atoms with Gasteiger partial charge in [0.2, 0.25) is 0 Å². The Kier molecular flexibility index (Phi) is 4.73. The molecule has 0 heterocycles. The Morgan fingerprint density at radius 1 is 1.05 bits per heavy atom. The number of benzene rings is 1. The summed E-state index contributed by atoms with van der Waals surface area (Å²) in [6, 6.07) is 2.65. The van der Waals surface area contributed by atoms with Crippen molar-refractivity contribution in [1.29, 1.82) is 0 Å². The molecule has 4 heteroatoms. The van der Waals surface area contributed by atoms with E-state index in [-0.39, 0.29) is 16.2 Å². The molecule has 0 aromatic heterocycles. The monoisotopic (exact) mass is 345 g/mol. The minimum Gasteiger partial charge on any atom is -0.380 e. The minimum atomic E-state index is -0.433. The molecule has 1 N–H and O–H groups in total. The summed E-state index contributed by atoms with van der Waals surface area (Å²) in [7, 11) is 0. The lowest BCUT2D eigenvalue weighted by atomic mass is 9.71. The molecular formula is C16H22BrF2N. The fourth-order valence-corrected chi connectivity index (χ4v) is 3.27. The predicted molar refractivity (Wildman–Crippen MR) is 82.9 cm³/mol. The summed E-state index contributed by atoms with van der Waals surface area (Å²) in [5.41, 5.74) is 0.602. The first-order valence-corrected chi connectivity index (χ1v) is 7.97. The van der Waals surface area contributed by atoms with Crippen LogP contribution in [-0.4, -0.2) is 6.04 Å². The third kappa shape index (κ3) is 3.72. The average Bonchev–Trinajstić information content (AvgIpc) is 2.35. The van der Waals surface area contributed by atoms with Crippen LogP contribution in [0.2, 0.25) is 0 Å². The zero-order chi connectivity index (χ0) is 14.9. The topological polar surface area (TPSA) is 12.0 Å². The van der Waals surface area contributed by atoms with Crippen LogP contribution in [-0.2, 0) is 0 Å². The van der Waals surface area contributed by atoms with Gasteiger partial charge in [-0.05, 0) is 59.0 Å². The van der Waals surface area contributed by atoms with E-state index >= 15 is 0 Å². The summed E-state index contributed by atoms with van der Waals surface area (Å²) in [5, 5.41) is 3.15. The van der Waals surface area contributed by atoms with Gasteiger partial charge in [-0.25, -0.2) is 8.78 Å². The van der Waals surface area contributed by atoms with Crippen molar-refractivity contribution in [3.05, 3.63) is 28.2 Å². The molecule has 1 aromatic carbocycles. The SMILES string of the molecule is CC(C)(C)C1CCC(Nc2cc(F)c(Br)cc2F)CC1. The lowest BCUT2D eigenvalue weighted by Crippen LogP contribution is -2.31. The molecule has 0 spiro atoms. The molecule has 0 amide bonds. The highest BCUT2D eigenvalue weighted by molar-refractivity contribution is 9.10. The molecule has 1 fully saturated rings. The van der Waals surface area contributed by atoms with Crippen molar-refractivity contribution in [3.8, 4) is 0 Å². The molecule has 1 aromatic rings. The quantitative estimate of drug-likeness (QED) is 0.673. The first-order chi connectivity index (χ1) is 9.27. The van der Waals surface area contributed by atoms with E-state index in [4.69, 9.17) is 0 Å². The number of hydrogen-bond donors (Lipinski definition) is 1. The average molecular weight is 346 g/mol. The first-order valence-electron chi connectivity index (χ1n) is 7.18. The van der Waals surface area contributed by atoms with E-state index in [0.717, 1.165) is 25.7 Å². The number of rotatable bonds is 2. The van der Waals surface area contributed by atoms with Gasteiger partial charge in [-0.3, -0.25) is 0 Å². The van der Waals surface area contributed by atoms with Crippen LogP contribution in [0.5, 0.6) is 0 Å². The zero-order valence-electron chi connectivity index (χ0n) is 12.3. The van der Waals surface area contributed by atoms with E-state index in [1.807, 2.05) is 0 Å². The van der Waals surface area contributed by atoms with Gasteiger partial charge in [0, 0.05) is 12.1 Å². The molecule has 2 rings (SSSR count). The van der Waals surface area contributed by atoms with E-state index < -0.39 is 11.6 Å². The van der Waals surface area contributed by atoms with Crippen LogP contribution >= 0.6 is 15.9 Å². The lowest BCUT2D eigenvalue weighted by molar-refractivity contribution is 0.173. The molecule has 0 radical (unpaired) electrons. The van der Waals surface area contributed by atoms with Crippen LogP contribution in [0.1, 0.15) is 46.5 Å². The maximum absolute atomic E-state index is 13.8. The Morgan fingerprint density at radius 3 is 2.20 bits per heavy atom. The Balaban J connectivity index is 1.98. The van der Waals surface area contributed by atoms with Crippen molar-refractivity contribution in [2.24, 2.45) is 11.3 Å². The Morgan fingerprint density at radius 2 is 1.65 bits per heavy atom. The number of hydrogen-bond acceptors (Lipinski definition) is 1. The summed E-state index contributed by atoms with van der Waals surface area (Å²) in [4.78, 5) is 0. The summed E-state index contributed by atoms with van der Waals surface area (Å²) >= 11 is 2.99. The zero-order valence-corrected chi connectivity index (χ0v) is 13.9. The second kappa shape index (κ2) is 6.00. The molecule has 1 aliphatic carbocycles. The Hall–Kier alpha value is -0.640. The highest BCUT2D eigenvalue weighted by Gasteiger charge is 2.29. The van der Waals surface area contributed by atoms with Gasteiger partial charge >= 0.3 is 0 Å². The molecule has 112 valence electrons. The van der Waals surface area contributed by atoms with Crippen molar-refractivity contribution >= 4 is 21.6 Å². The summed E-state index contributed by atoms with van der Waals surface area (Å²) in [6.07, 6.45) is 4.31. The molecule has 1 nitrogen and oxygen atoms in total. The van der Waals surface area contributed by atoms with Crippen LogP contribution in [0.3, 0.4) is 0 Å². The second-order valence-corrected chi connectivity index (χ2v) is 7.66. The molecule has 0 atom stereocenters. The molecule has 0 saturated heterocycles. The largest absolute Gasteiger partial charge is 0.380 e. The van der Waals surface area contributed by atoms with Gasteiger partial charge in [0.15, 0.2) is 0 Å². The molecule has 0 bridgehead atoms. The third-order valence-corrected chi connectivity index (χ3v) is 4.93. The lowest BCUT2D eigenvalue weighted by Gasteiger charge is -2.37. The number of nitrogens with one attached hydrogen (secondary N) is 1. The van der Waals surface area contributed by atoms with Crippen molar-refractivity contribution in [3.63, 3.8) is 0 Å². The Bertz CT molecular complexity index is 474. The predicted octanol–water partition coefficient (Wildman–Crippen LogP) is 5.74. The standard InChI is InChI=1S/C16H22BrF2N/c1-16(2,3)10-4-6-11(7-5-10)20-15-9-13(18)12(17)8-14(15)19/h8-11,20H,4-7H2,1-3H3. The fraction of sp³-hybridized carbons (Fsp3) is 0.625. The molecular weight excluding hydrogens is 324 g/mol. The smallest absolute Gasteiger partial charge is 0.147 e. The second-order valence-electron chi connectivity index (χ2n) is 6.81. The minimum absolute atomic E-state index is 0.164. The first kappa shape index (κ1) is 15.7. The molecule has 0 unspecified atom stereocenters. The van der Waals surface area contributed by atoms with Crippen LogP contribution < -0.4 is 5.32 Å². The van der Waals surface area contributed by atoms with Crippen molar-refractivity contribution in [2.45, 2.75) is 52.5 Å². The number of halogens is 3. The molecule has 0 aliphatic heterocycles. The van der Waals surface area contributed by atoms with Gasteiger partial charge in [0.25, 0.3) is 0 Å². The van der Waals surface area contributed by atoms with E-state index in [2.05, 4.69) is 42.0 Å². The highest BCUT2D eigenvalue weighted by Crippen LogP contribution is 2.38. The normalized spacial score (nSPS) is 23.7. The van der Waals surface area contributed by atoms with Crippen LogP contribution in [0, 0.1) is 23.0 Å². The summed E-state index contributed by atoms with van der Waals surface area (Å²) < 4.78 is 27.4. The molecule has 20 heavy (non-hydrogen) atoms. The van der Waals surface area contributed by atoms with Gasteiger partial charge < -0.3 is 5.32 Å². The summed E-state index contributed by atoms with van der Waals surface area (Å²) in [5.74, 6) is -0.124. The van der Waals surface area contributed by atoms with Crippen molar-refractivity contribution in [1.82, 2.24) is 0 Å². The van der Waals surface area contributed by atoms with Gasteiger partial charge in [0.1, 0.15) is 11.6 Å². The maximum atomic E-state index is 13.8. The summed E-state index contributed by atoms with van der Waals surface area (Å²) in [6.45, 7) is 6.82. The van der Waals surface area contributed by atoms with E-state index in [1.54, 1.807) is 0 Å². The van der Waals surface area contributed by atoms with E-state index in [0.29, 0.717) is 11.3 Å². The molecule has 1 saturated carbocycles. The molecule has 1 aliphatic rings. The highest BCUT2D eigenvalue weighted by atomic mass is 79.9. The number of anilines is 1.